The lowest BCUT2D eigenvalue weighted by molar-refractivity contribution is -0.692. The molecule has 0 aliphatic rings. The first-order valence-electron chi connectivity index (χ1n) is 7.63. The van der Waals surface area contributed by atoms with E-state index in [2.05, 4.69) is 5.32 Å². The molecule has 0 radical (unpaired) electrons. The summed E-state index contributed by atoms with van der Waals surface area (Å²) in [6, 6.07) is 4.87. The number of hydrogen-bond acceptors (Lipinski definition) is 3. The van der Waals surface area contributed by atoms with Gasteiger partial charge in [-0.3, -0.25) is 4.79 Å². The van der Waals surface area contributed by atoms with E-state index in [9.17, 15) is 14.7 Å². The molecule has 1 rings (SSSR count). The van der Waals surface area contributed by atoms with Crippen LogP contribution >= 0.6 is 0 Å². The van der Waals surface area contributed by atoms with E-state index in [4.69, 9.17) is 0 Å². The second-order valence-corrected chi connectivity index (χ2v) is 5.57. The molecule has 1 aromatic rings. The van der Waals surface area contributed by atoms with Gasteiger partial charge in [0.25, 0.3) is 0 Å². The van der Waals surface area contributed by atoms with E-state index in [1.165, 1.54) is 0 Å². The number of nitrogens with one attached hydrogen (secondary N) is 1. The molecule has 0 spiro atoms. The van der Waals surface area contributed by atoms with Crippen molar-refractivity contribution in [3.8, 4) is 0 Å². The monoisotopic (exact) mass is 308 g/mol. The number of hydrogen-bond donors (Lipinski definition) is 3. The minimum Gasteiger partial charge on any atom is -0.544 e. The van der Waals surface area contributed by atoms with Crippen LogP contribution in [0.4, 0.5) is 5.69 Å². The zero-order valence-corrected chi connectivity index (χ0v) is 13.5. The number of carboxylic acids is 1. The number of anilines is 1. The van der Waals surface area contributed by atoms with Gasteiger partial charge in [0.15, 0.2) is 0 Å². The summed E-state index contributed by atoms with van der Waals surface area (Å²) in [6.45, 7) is 5.49. The van der Waals surface area contributed by atoms with Crippen LogP contribution in [0.15, 0.2) is 18.2 Å². The minimum atomic E-state index is -1.20. The maximum Gasteiger partial charge on any atom is 0.230 e. The molecule has 22 heavy (non-hydrogen) atoms. The highest BCUT2D eigenvalue weighted by molar-refractivity contribution is 5.94. The number of carbonyl (C=O) groups excluding carboxylic acids is 2. The smallest absolute Gasteiger partial charge is 0.230 e. The summed E-state index contributed by atoms with van der Waals surface area (Å²) in [7, 11) is 1.97. The van der Waals surface area contributed by atoms with Crippen LogP contribution in [0.1, 0.15) is 24.0 Å². The average molecular weight is 308 g/mol. The van der Waals surface area contributed by atoms with Crippen molar-refractivity contribution in [3.05, 3.63) is 29.3 Å². The Bertz CT molecular complexity index is 517. The molecule has 1 aromatic carbocycles. The number of rotatable bonds is 9. The van der Waals surface area contributed by atoms with Crippen LogP contribution in [0.3, 0.4) is 0 Å². The lowest BCUT2D eigenvalue weighted by Gasteiger charge is -2.16. The Morgan fingerprint density at radius 1 is 1.27 bits per heavy atom. The summed E-state index contributed by atoms with van der Waals surface area (Å²) in [6.07, 6.45) is 0.796. The highest BCUT2D eigenvalue weighted by Gasteiger charge is 2.18. The lowest BCUT2D eigenvalue weighted by Crippen LogP contribution is -2.94. The van der Waals surface area contributed by atoms with Crippen LogP contribution in [0.25, 0.3) is 0 Å². The van der Waals surface area contributed by atoms with Gasteiger partial charge < -0.3 is 25.9 Å². The van der Waals surface area contributed by atoms with E-state index in [0.717, 1.165) is 24.1 Å². The molecule has 1 amide bonds. The molecule has 6 heteroatoms. The maximum atomic E-state index is 12.0. The fourth-order valence-electron chi connectivity index (χ4n) is 2.26. The molecule has 0 bridgehead atoms. The highest BCUT2D eigenvalue weighted by Crippen LogP contribution is 2.16. The van der Waals surface area contributed by atoms with Gasteiger partial charge in [-0.05, 0) is 25.5 Å². The lowest BCUT2D eigenvalue weighted by atomic mass is 10.1. The Kier molecular flexibility index (Phi) is 7.56. The van der Waals surface area contributed by atoms with Gasteiger partial charge in [-0.15, -0.1) is 0 Å². The predicted molar refractivity (Wildman–Crippen MR) is 82.1 cm³/mol. The van der Waals surface area contributed by atoms with E-state index in [-0.39, 0.29) is 12.3 Å². The molecule has 0 saturated heterocycles. The summed E-state index contributed by atoms with van der Waals surface area (Å²) in [4.78, 5) is 23.2. The number of carbonyl (C=O) groups is 2. The first kappa shape index (κ1) is 18.1. The zero-order chi connectivity index (χ0) is 16.5. The summed E-state index contributed by atoms with van der Waals surface area (Å²) >= 11 is 0. The van der Waals surface area contributed by atoms with E-state index in [1.54, 1.807) is 5.32 Å². The van der Waals surface area contributed by atoms with Crippen LogP contribution in [0, 0.1) is 13.8 Å². The number of benzene rings is 1. The van der Waals surface area contributed by atoms with Crippen LogP contribution in [0.2, 0.25) is 0 Å². The average Bonchev–Trinajstić information content (AvgIpc) is 2.45. The molecular weight excluding hydrogens is 282 g/mol. The van der Waals surface area contributed by atoms with Crippen LogP contribution < -0.4 is 21.1 Å². The standard InChI is InChI=1S/C16H25N3O3/c1-11-5-6-13(12(2)9-11)19-15(20)10-14(16(21)22)18-8-4-7-17-3/h5-6,9,14,17-18H,4,7-8,10H2,1-3H3,(H,19,20)(H,21,22)/p+1/t14-/m0/s1. The molecule has 0 unspecified atom stereocenters. The minimum absolute atomic E-state index is 0.0918. The van der Waals surface area contributed by atoms with Crippen LogP contribution in [0.5, 0.6) is 0 Å². The number of quaternary nitrogens is 2. The molecule has 122 valence electrons. The van der Waals surface area contributed by atoms with Crippen molar-refractivity contribution in [3.63, 3.8) is 0 Å². The molecule has 6 nitrogen and oxygen atoms in total. The number of amides is 1. The topological polar surface area (TPSA) is 102 Å². The highest BCUT2D eigenvalue weighted by atomic mass is 16.4. The largest absolute Gasteiger partial charge is 0.544 e. The van der Waals surface area contributed by atoms with Gasteiger partial charge in [0.1, 0.15) is 6.04 Å². The van der Waals surface area contributed by atoms with E-state index >= 15 is 0 Å². The normalized spacial score (nSPS) is 12.0. The Hall–Kier alpha value is -1.92. The van der Waals surface area contributed by atoms with Crippen LogP contribution in [-0.4, -0.2) is 38.1 Å². The van der Waals surface area contributed by atoms with E-state index < -0.39 is 12.0 Å². The first-order valence-corrected chi connectivity index (χ1v) is 7.63. The quantitative estimate of drug-likeness (QED) is 0.455. The molecule has 0 fully saturated rings. The number of aliphatic carboxylic acids is 1. The summed E-state index contributed by atoms with van der Waals surface area (Å²) in [5.41, 5.74) is 2.79. The molecule has 0 aromatic heterocycles. The zero-order valence-electron chi connectivity index (χ0n) is 13.5. The number of nitrogens with two attached hydrogens (primary N) is 2. The SMILES string of the molecule is C[NH2+]CCC[NH2+][C@@H](CC(=O)Nc1ccc(C)cc1C)C(=O)[O-]. The molecule has 0 heterocycles. The fraction of sp³-hybridized carbons (Fsp3) is 0.500. The van der Waals surface area contributed by atoms with Gasteiger partial charge in [-0.1, -0.05) is 17.7 Å². The van der Waals surface area contributed by atoms with Crippen molar-refractivity contribution in [2.75, 3.05) is 25.5 Å². The molecule has 1 atom stereocenters. The van der Waals surface area contributed by atoms with Gasteiger partial charge in [-0.25, -0.2) is 0 Å². The summed E-state index contributed by atoms with van der Waals surface area (Å²) < 4.78 is 0. The van der Waals surface area contributed by atoms with Crippen molar-refractivity contribution in [2.45, 2.75) is 32.7 Å². The van der Waals surface area contributed by atoms with Gasteiger partial charge in [0, 0.05) is 12.1 Å². The first-order chi connectivity index (χ1) is 10.4. The van der Waals surface area contributed by atoms with Crippen molar-refractivity contribution in [1.82, 2.24) is 0 Å². The molecular formula is C16H26N3O3+. The van der Waals surface area contributed by atoms with Crippen molar-refractivity contribution in [2.24, 2.45) is 0 Å². The summed E-state index contributed by atoms with van der Waals surface area (Å²) in [5, 5.41) is 17.6. The van der Waals surface area contributed by atoms with Gasteiger partial charge in [0.2, 0.25) is 5.91 Å². The molecule has 0 saturated carbocycles. The molecule has 0 aliphatic carbocycles. The second-order valence-electron chi connectivity index (χ2n) is 5.57. The second kappa shape index (κ2) is 9.17. The Balaban J connectivity index is 2.54. The van der Waals surface area contributed by atoms with Gasteiger partial charge in [-0.2, -0.15) is 0 Å². The van der Waals surface area contributed by atoms with Gasteiger partial charge >= 0.3 is 0 Å². The summed E-state index contributed by atoms with van der Waals surface area (Å²) in [5.74, 6) is -1.50. The maximum absolute atomic E-state index is 12.0. The van der Waals surface area contributed by atoms with Crippen molar-refractivity contribution in [1.29, 1.82) is 0 Å². The van der Waals surface area contributed by atoms with Crippen LogP contribution in [-0.2, 0) is 9.59 Å². The van der Waals surface area contributed by atoms with Gasteiger partial charge in [0.05, 0.1) is 32.5 Å². The third-order valence-corrected chi connectivity index (χ3v) is 3.51. The predicted octanol–water partition coefficient (Wildman–Crippen LogP) is -2.10. The Morgan fingerprint density at radius 3 is 2.59 bits per heavy atom. The van der Waals surface area contributed by atoms with E-state index in [1.807, 2.05) is 44.4 Å². The van der Waals surface area contributed by atoms with Crippen molar-refractivity contribution >= 4 is 17.6 Å². The fourth-order valence-corrected chi connectivity index (χ4v) is 2.26. The molecule has 5 N–H and O–H groups in total. The molecule has 0 aliphatic heterocycles. The third-order valence-electron chi connectivity index (χ3n) is 3.51. The van der Waals surface area contributed by atoms with E-state index in [0.29, 0.717) is 12.2 Å². The Labute approximate surface area is 131 Å². The van der Waals surface area contributed by atoms with Crippen molar-refractivity contribution < 1.29 is 25.3 Å². The Morgan fingerprint density at radius 2 is 2.00 bits per heavy atom. The number of aryl methyl sites for hydroxylation is 2. The third kappa shape index (κ3) is 6.24. The number of carboxylic acid groups (broad SMARTS) is 1.